The van der Waals surface area contributed by atoms with E-state index in [4.69, 9.17) is 4.74 Å². The number of benzene rings is 2. The highest BCUT2D eigenvalue weighted by atomic mass is 32.1. The zero-order valence-corrected chi connectivity index (χ0v) is 21.7. The van der Waals surface area contributed by atoms with Crippen LogP contribution in [0.1, 0.15) is 77.8 Å². The van der Waals surface area contributed by atoms with Gasteiger partial charge in [-0.1, -0.05) is 49.2 Å². The average Bonchev–Trinajstić information content (AvgIpc) is 3.59. The van der Waals surface area contributed by atoms with Gasteiger partial charge < -0.3 is 15.0 Å². The van der Waals surface area contributed by atoms with Gasteiger partial charge in [0.25, 0.3) is 5.91 Å². The number of hydrogen-bond donors (Lipinski definition) is 1. The van der Waals surface area contributed by atoms with Crippen LogP contribution in [-0.2, 0) is 17.8 Å². The van der Waals surface area contributed by atoms with Crippen molar-refractivity contribution in [3.63, 3.8) is 0 Å². The molecule has 1 N–H and O–H groups in total. The van der Waals surface area contributed by atoms with Crippen molar-refractivity contribution in [1.82, 2.24) is 15.2 Å². The molecule has 1 aromatic heterocycles. The lowest BCUT2D eigenvalue weighted by molar-refractivity contribution is -0.137. The molecule has 1 aliphatic heterocycles. The van der Waals surface area contributed by atoms with Crippen LogP contribution >= 0.6 is 11.3 Å². The number of nitrogens with one attached hydrogen (secondary N) is 1. The second-order valence-electron chi connectivity index (χ2n) is 9.98. The molecule has 7 heteroatoms. The molecule has 0 spiro atoms. The molecule has 1 fully saturated rings. The standard InChI is InChI=1S/C29H33N3O3S/c1-19(2)30-28(33)25-18-36-26(31-25)17-35-23-13-12-20-14-15-32(29(34)22-10-6-7-11-22)27(24(20)16-23)21-8-4-3-5-9-21/h3-5,8-9,12-13,16,18-19,22,27H,6-7,10-11,14-15,17H2,1-2H3,(H,30,33)/t27-/m0/s1. The Morgan fingerprint density at radius 2 is 1.92 bits per heavy atom. The topological polar surface area (TPSA) is 71.5 Å². The van der Waals surface area contributed by atoms with Gasteiger partial charge in [-0.3, -0.25) is 9.59 Å². The van der Waals surface area contributed by atoms with Crippen molar-refractivity contribution in [2.45, 2.75) is 64.6 Å². The molecule has 1 aliphatic carbocycles. The van der Waals surface area contributed by atoms with Crippen LogP contribution in [0.4, 0.5) is 0 Å². The highest BCUT2D eigenvalue weighted by molar-refractivity contribution is 7.09. The van der Waals surface area contributed by atoms with Gasteiger partial charge in [-0.25, -0.2) is 4.98 Å². The number of nitrogens with zero attached hydrogens (tertiary/aromatic N) is 2. The van der Waals surface area contributed by atoms with E-state index in [2.05, 4.69) is 39.5 Å². The van der Waals surface area contributed by atoms with Crippen molar-refractivity contribution in [2.75, 3.05) is 6.54 Å². The van der Waals surface area contributed by atoms with Crippen LogP contribution in [-0.4, -0.2) is 34.3 Å². The maximum Gasteiger partial charge on any atom is 0.270 e. The lowest BCUT2D eigenvalue weighted by atomic mass is 9.87. The van der Waals surface area contributed by atoms with Gasteiger partial charge in [-0.15, -0.1) is 11.3 Å². The summed E-state index contributed by atoms with van der Waals surface area (Å²) in [6.45, 7) is 4.88. The van der Waals surface area contributed by atoms with E-state index in [-0.39, 0.29) is 29.8 Å². The molecule has 1 atom stereocenters. The Balaban J connectivity index is 1.37. The summed E-state index contributed by atoms with van der Waals surface area (Å²) >= 11 is 1.42. The number of fused-ring (bicyclic) bond motifs is 1. The van der Waals surface area contributed by atoms with Gasteiger partial charge in [0.05, 0.1) is 6.04 Å². The summed E-state index contributed by atoms with van der Waals surface area (Å²) in [7, 11) is 0. The molecule has 0 saturated heterocycles. The fourth-order valence-electron chi connectivity index (χ4n) is 5.29. The molecule has 2 heterocycles. The molecule has 5 rings (SSSR count). The molecule has 6 nitrogen and oxygen atoms in total. The molecule has 0 bridgehead atoms. The molecular weight excluding hydrogens is 470 g/mol. The van der Waals surface area contributed by atoms with Crippen molar-refractivity contribution >= 4 is 23.2 Å². The second kappa shape index (κ2) is 10.8. The third kappa shape index (κ3) is 5.31. The fourth-order valence-corrected chi connectivity index (χ4v) is 5.97. The van der Waals surface area contributed by atoms with Crippen LogP contribution in [0.25, 0.3) is 0 Å². The lowest BCUT2D eigenvalue weighted by Gasteiger charge is -2.39. The Morgan fingerprint density at radius 3 is 2.67 bits per heavy atom. The van der Waals surface area contributed by atoms with Crippen LogP contribution in [0.15, 0.2) is 53.9 Å². The van der Waals surface area contributed by atoms with Crippen LogP contribution in [0, 0.1) is 5.92 Å². The van der Waals surface area contributed by atoms with Gasteiger partial charge in [0.2, 0.25) is 5.91 Å². The third-order valence-corrected chi connectivity index (χ3v) is 7.84. The van der Waals surface area contributed by atoms with Crippen LogP contribution in [0.2, 0.25) is 0 Å². The minimum atomic E-state index is -0.168. The van der Waals surface area contributed by atoms with Crippen molar-refractivity contribution in [1.29, 1.82) is 0 Å². The number of carbonyl (C=O) groups is 2. The van der Waals surface area contributed by atoms with Gasteiger partial charge >= 0.3 is 0 Å². The maximum atomic E-state index is 13.6. The molecular formula is C29H33N3O3S. The summed E-state index contributed by atoms with van der Waals surface area (Å²) in [5.74, 6) is 1.00. The zero-order chi connectivity index (χ0) is 25.1. The second-order valence-corrected chi connectivity index (χ2v) is 10.9. The van der Waals surface area contributed by atoms with Gasteiger partial charge in [0, 0.05) is 23.9 Å². The minimum absolute atomic E-state index is 0.0621. The Morgan fingerprint density at radius 1 is 1.14 bits per heavy atom. The van der Waals surface area contributed by atoms with Crippen molar-refractivity contribution in [3.05, 3.63) is 81.3 Å². The zero-order valence-electron chi connectivity index (χ0n) is 20.9. The smallest absolute Gasteiger partial charge is 0.270 e. The summed E-state index contributed by atoms with van der Waals surface area (Å²) < 4.78 is 6.12. The Hall–Kier alpha value is -3.19. The molecule has 2 amide bonds. The number of hydrogen-bond acceptors (Lipinski definition) is 5. The quantitative estimate of drug-likeness (QED) is 0.461. The van der Waals surface area contributed by atoms with Crippen molar-refractivity contribution in [3.8, 4) is 5.75 Å². The summed E-state index contributed by atoms with van der Waals surface area (Å²) in [6, 6.07) is 16.5. The largest absolute Gasteiger partial charge is 0.486 e. The van der Waals surface area contributed by atoms with E-state index in [0.29, 0.717) is 12.3 Å². The van der Waals surface area contributed by atoms with Crippen molar-refractivity contribution in [2.24, 2.45) is 5.92 Å². The first-order valence-electron chi connectivity index (χ1n) is 12.9. The molecule has 188 valence electrons. The van der Waals surface area contributed by atoms with E-state index in [9.17, 15) is 9.59 Å². The van der Waals surface area contributed by atoms with Crippen LogP contribution < -0.4 is 10.1 Å². The first-order valence-corrected chi connectivity index (χ1v) is 13.7. The van der Waals surface area contributed by atoms with Gasteiger partial charge in [-0.2, -0.15) is 0 Å². The fraction of sp³-hybridized carbons (Fsp3) is 0.414. The van der Waals surface area contributed by atoms with E-state index < -0.39 is 0 Å². The molecule has 2 aromatic carbocycles. The Kier molecular flexibility index (Phi) is 7.37. The van der Waals surface area contributed by atoms with Gasteiger partial charge in [-0.05, 0) is 61.9 Å². The number of aromatic nitrogens is 1. The van der Waals surface area contributed by atoms with Gasteiger partial charge in [0.15, 0.2) is 0 Å². The number of thiazole rings is 1. The number of amides is 2. The SMILES string of the molecule is CC(C)NC(=O)c1csc(COc2ccc3c(c2)[C@H](c2ccccc2)N(C(=O)C2CCCC2)CC3)n1. The van der Waals surface area contributed by atoms with E-state index in [0.717, 1.165) is 60.5 Å². The monoisotopic (exact) mass is 503 g/mol. The summed E-state index contributed by atoms with van der Waals surface area (Å²) in [5.41, 5.74) is 3.94. The Bertz CT molecular complexity index is 1220. The van der Waals surface area contributed by atoms with Crippen LogP contribution in [0.3, 0.4) is 0 Å². The molecule has 2 aliphatic rings. The van der Waals surface area contributed by atoms with Crippen LogP contribution in [0.5, 0.6) is 5.75 Å². The normalized spacial score (nSPS) is 17.8. The van der Waals surface area contributed by atoms with E-state index in [1.54, 1.807) is 5.38 Å². The predicted molar refractivity (Wildman–Crippen MR) is 141 cm³/mol. The highest BCUT2D eigenvalue weighted by Gasteiger charge is 2.36. The first kappa shape index (κ1) is 24.5. The Labute approximate surface area is 216 Å². The van der Waals surface area contributed by atoms with E-state index >= 15 is 0 Å². The number of ether oxygens (including phenoxy) is 1. The maximum absolute atomic E-state index is 13.6. The molecule has 3 aromatic rings. The van der Waals surface area contributed by atoms with E-state index in [1.807, 2.05) is 38.1 Å². The average molecular weight is 504 g/mol. The minimum Gasteiger partial charge on any atom is -0.486 e. The lowest BCUT2D eigenvalue weighted by Crippen LogP contribution is -2.43. The predicted octanol–water partition coefficient (Wildman–Crippen LogP) is 5.52. The summed E-state index contributed by atoms with van der Waals surface area (Å²) in [6.07, 6.45) is 5.13. The van der Waals surface area contributed by atoms with Crippen molar-refractivity contribution < 1.29 is 14.3 Å². The first-order chi connectivity index (χ1) is 17.5. The number of carbonyl (C=O) groups excluding carboxylic acids is 2. The number of rotatable bonds is 7. The van der Waals surface area contributed by atoms with E-state index in [1.165, 1.54) is 16.9 Å². The molecule has 0 unspecified atom stereocenters. The van der Waals surface area contributed by atoms with Gasteiger partial charge in [0.1, 0.15) is 23.1 Å². The third-order valence-electron chi connectivity index (χ3n) is 7.01. The summed E-state index contributed by atoms with van der Waals surface area (Å²) in [4.78, 5) is 32.3. The molecule has 0 radical (unpaired) electrons. The molecule has 1 saturated carbocycles. The highest BCUT2D eigenvalue weighted by Crippen LogP contribution is 2.39. The summed E-state index contributed by atoms with van der Waals surface area (Å²) in [5, 5.41) is 5.38. The molecule has 36 heavy (non-hydrogen) atoms.